The Morgan fingerprint density at radius 3 is 2.67 bits per heavy atom. The molecule has 10 heteroatoms. The molecule has 0 unspecified atom stereocenters. The fraction of sp³-hybridized carbons (Fsp3) is 0.143. The fourth-order valence-electron chi connectivity index (χ4n) is 2.02. The maximum Gasteiger partial charge on any atom is 0.421 e. The molecular weight excluding hydrogens is 331 g/mol. The van der Waals surface area contributed by atoms with E-state index in [-0.39, 0.29) is 18.8 Å². The number of hydrogen-bond donors (Lipinski definition) is 1. The maximum atomic E-state index is 12.7. The van der Waals surface area contributed by atoms with E-state index in [2.05, 4.69) is 14.9 Å². The number of pyridine rings is 1. The minimum Gasteiger partial charge on any atom is -0.474 e. The Kier molecular flexibility index (Phi) is 3.80. The Bertz CT molecular complexity index is 962. The number of benzene rings is 1. The van der Waals surface area contributed by atoms with Gasteiger partial charge in [0.25, 0.3) is 5.56 Å². The third-order valence-corrected chi connectivity index (χ3v) is 3.17. The number of halogens is 3. The zero-order valence-corrected chi connectivity index (χ0v) is 11.8. The first kappa shape index (κ1) is 15.7. The Hall–Kier alpha value is -3.17. The van der Waals surface area contributed by atoms with Crippen molar-refractivity contribution in [3.8, 4) is 5.88 Å². The van der Waals surface area contributed by atoms with E-state index < -0.39 is 22.9 Å². The number of nitrogens with zero attached hydrogens (tertiary/aromatic N) is 2. The second kappa shape index (κ2) is 5.80. The van der Waals surface area contributed by atoms with Crippen LogP contribution in [0.3, 0.4) is 0 Å². The van der Waals surface area contributed by atoms with Crippen LogP contribution in [-0.2, 0) is 12.8 Å². The second-order valence-corrected chi connectivity index (χ2v) is 4.79. The van der Waals surface area contributed by atoms with E-state index in [0.29, 0.717) is 22.7 Å². The molecule has 0 radical (unpaired) electrons. The molecule has 7 nitrogen and oxygen atoms in total. The molecular formula is C14H8F3N3O4. The molecule has 0 fully saturated rings. The quantitative estimate of drug-likeness (QED) is 0.733. The minimum absolute atomic E-state index is 0.106. The topological polar surface area (TPSA) is 98.1 Å². The number of alkyl halides is 3. The van der Waals surface area contributed by atoms with Crippen molar-refractivity contribution in [1.29, 1.82) is 0 Å². The number of aldehydes is 1. The molecule has 0 saturated carbocycles. The summed E-state index contributed by atoms with van der Waals surface area (Å²) >= 11 is 0. The van der Waals surface area contributed by atoms with Crippen LogP contribution in [0, 0.1) is 0 Å². The average Bonchev–Trinajstić information content (AvgIpc) is 2.99. The van der Waals surface area contributed by atoms with Gasteiger partial charge in [-0.15, -0.1) is 0 Å². The number of rotatable bonds is 4. The van der Waals surface area contributed by atoms with Gasteiger partial charge in [0.1, 0.15) is 23.2 Å². The van der Waals surface area contributed by atoms with Crippen LogP contribution in [-0.4, -0.2) is 21.6 Å². The van der Waals surface area contributed by atoms with E-state index in [1.54, 1.807) is 18.2 Å². The first-order valence-electron chi connectivity index (χ1n) is 6.52. The molecule has 0 aliphatic rings. The molecule has 0 aliphatic carbocycles. The average molecular weight is 339 g/mol. The highest BCUT2D eigenvalue weighted by atomic mass is 19.4. The van der Waals surface area contributed by atoms with Gasteiger partial charge in [-0.1, -0.05) is 6.07 Å². The van der Waals surface area contributed by atoms with E-state index in [1.165, 1.54) is 0 Å². The smallest absolute Gasteiger partial charge is 0.421 e. The van der Waals surface area contributed by atoms with E-state index in [4.69, 9.17) is 4.74 Å². The summed E-state index contributed by atoms with van der Waals surface area (Å²) in [6, 6.07) is 5.29. The van der Waals surface area contributed by atoms with E-state index >= 15 is 0 Å². The summed E-state index contributed by atoms with van der Waals surface area (Å²) in [4.78, 5) is 24.4. The number of carbonyl (C=O) groups is 1. The SMILES string of the molecule is O=Cc1cc(C(F)(F)F)c(=O)[nH]c1OCc1ccc2nonc2c1. The zero-order valence-electron chi connectivity index (χ0n) is 11.8. The van der Waals surface area contributed by atoms with Crippen molar-refractivity contribution in [1.82, 2.24) is 15.3 Å². The van der Waals surface area contributed by atoms with Gasteiger partial charge in [0, 0.05) is 0 Å². The summed E-state index contributed by atoms with van der Waals surface area (Å²) in [5.41, 5.74) is -1.68. The van der Waals surface area contributed by atoms with Gasteiger partial charge < -0.3 is 4.74 Å². The van der Waals surface area contributed by atoms with Gasteiger partial charge in [-0.25, -0.2) is 4.63 Å². The Morgan fingerprint density at radius 1 is 1.21 bits per heavy atom. The normalized spacial score (nSPS) is 11.6. The van der Waals surface area contributed by atoms with E-state index in [0.717, 1.165) is 0 Å². The summed E-state index contributed by atoms with van der Waals surface area (Å²) in [5.74, 6) is -0.346. The largest absolute Gasteiger partial charge is 0.474 e. The number of aromatic nitrogens is 3. The second-order valence-electron chi connectivity index (χ2n) is 4.79. The van der Waals surface area contributed by atoms with Crippen LogP contribution in [0.1, 0.15) is 21.5 Å². The molecule has 2 heterocycles. The molecule has 0 spiro atoms. The van der Waals surface area contributed by atoms with Crippen molar-refractivity contribution < 1.29 is 27.3 Å². The molecule has 0 saturated heterocycles. The van der Waals surface area contributed by atoms with Crippen LogP contribution < -0.4 is 10.3 Å². The minimum atomic E-state index is -4.87. The lowest BCUT2D eigenvalue weighted by Gasteiger charge is -2.11. The van der Waals surface area contributed by atoms with Gasteiger partial charge in [0.15, 0.2) is 6.29 Å². The van der Waals surface area contributed by atoms with E-state index in [1.807, 2.05) is 4.98 Å². The number of nitrogens with one attached hydrogen (secondary N) is 1. The van der Waals surface area contributed by atoms with Crippen LogP contribution >= 0.6 is 0 Å². The highest BCUT2D eigenvalue weighted by molar-refractivity contribution is 5.78. The van der Waals surface area contributed by atoms with Crippen molar-refractivity contribution in [2.24, 2.45) is 0 Å². The van der Waals surface area contributed by atoms with Gasteiger partial charge in [-0.05, 0) is 34.1 Å². The van der Waals surface area contributed by atoms with Crippen molar-refractivity contribution in [2.75, 3.05) is 0 Å². The van der Waals surface area contributed by atoms with Gasteiger partial charge in [0.05, 0.1) is 5.56 Å². The number of ether oxygens (including phenoxy) is 1. The highest BCUT2D eigenvalue weighted by Gasteiger charge is 2.35. The number of carbonyl (C=O) groups excluding carboxylic acids is 1. The van der Waals surface area contributed by atoms with Gasteiger partial charge in [-0.3, -0.25) is 14.6 Å². The predicted octanol–water partition coefficient (Wildman–Crippen LogP) is 2.32. The van der Waals surface area contributed by atoms with Crippen LogP contribution in [0.4, 0.5) is 13.2 Å². The monoisotopic (exact) mass is 339 g/mol. The first-order valence-corrected chi connectivity index (χ1v) is 6.52. The molecule has 0 amide bonds. The molecule has 3 aromatic rings. The molecule has 124 valence electrons. The van der Waals surface area contributed by atoms with Crippen LogP contribution in [0.25, 0.3) is 11.0 Å². The van der Waals surface area contributed by atoms with Crippen LogP contribution in [0.5, 0.6) is 5.88 Å². The molecule has 0 bridgehead atoms. The van der Waals surface area contributed by atoms with Crippen molar-refractivity contribution >= 4 is 17.3 Å². The summed E-state index contributed by atoms with van der Waals surface area (Å²) in [7, 11) is 0. The lowest BCUT2D eigenvalue weighted by Crippen LogP contribution is -2.23. The molecule has 1 N–H and O–H groups in total. The highest BCUT2D eigenvalue weighted by Crippen LogP contribution is 2.28. The summed E-state index contributed by atoms with van der Waals surface area (Å²) in [6.07, 6.45) is -4.69. The Labute approximate surface area is 131 Å². The molecule has 3 rings (SSSR count). The lowest BCUT2D eigenvalue weighted by atomic mass is 10.2. The van der Waals surface area contributed by atoms with Crippen molar-refractivity contribution in [3.05, 3.63) is 51.3 Å². The fourth-order valence-corrected chi connectivity index (χ4v) is 2.02. The summed E-state index contributed by atoms with van der Waals surface area (Å²) in [5, 5.41) is 7.26. The molecule has 0 atom stereocenters. The van der Waals surface area contributed by atoms with Gasteiger partial charge >= 0.3 is 6.18 Å². The third kappa shape index (κ3) is 2.98. The predicted molar refractivity (Wildman–Crippen MR) is 73.6 cm³/mol. The Morgan fingerprint density at radius 2 is 1.96 bits per heavy atom. The molecule has 0 aliphatic heterocycles. The summed E-state index contributed by atoms with van der Waals surface area (Å²) in [6.45, 7) is -0.106. The van der Waals surface area contributed by atoms with E-state index in [9.17, 15) is 22.8 Å². The number of hydrogen-bond acceptors (Lipinski definition) is 6. The first-order chi connectivity index (χ1) is 11.4. The third-order valence-electron chi connectivity index (χ3n) is 3.17. The molecule has 1 aromatic carbocycles. The molecule has 2 aromatic heterocycles. The summed E-state index contributed by atoms with van der Waals surface area (Å²) < 4.78 is 47.8. The number of fused-ring (bicyclic) bond motifs is 1. The lowest BCUT2D eigenvalue weighted by molar-refractivity contribution is -0.138. The van der Waals surface area contributed by atoms with Crippen LogP contribution in [0.2, 0.25) is 0 Å². The number of aromatic amines is 1. The van der Waals surface area contributed by atoms with Crippen molar-refractivity contribution in [2.45, 2.75) is 12.8 Å². The van der Waals surface area contributed by atoms with Crippen LogP contribution in [0.15, 0.2) is 33.7 Å². The standard InChI is InChI=1S/C14H8F3N3O4/c15-14(16,17)9-4-8(5-21)13(18-12(9)22)23-6-7-1-2-10-11(3-7)20-24-19-10/h1-5H,6H2,(H,18,22). The maximum absolute atomic E-state index is 12.7. The molecule has 24 heavy (non-hydrogen) atoms. The number of H-pyrrole nitrogens is 1. The van der Waals surface area contributed by atoms with Gasteiger partial charge in [0.2, 0.25) is 5.88 Å². The van der Waals surface area contributed by atoms with Crippen molar-refractivity contribution in [3.63, 3.8) is 0 Å². The van der Waals surface area contributed by atoms with Gasteiger partial charge in [-0.2, -0.15) is 13.2 Å². The Balaban J connectivity index is 1.87. The zero-order chi connectivity index (χ0) is 17.3.